The highest BCUT2D eigenvalue weighted by Crippen LogP contribution is 2.31. The van der Waals surface area contributed by atoms with Crippen LogP contribution in [-0.4, -0.2) is 49.9 Å². The molecule has 1 saturated heterocycles. The zero-order chi connectivity index (χ0) is 21.3. The number of halogens is 1. The number of carbonyl (C=O) groups excluding carboxylic acids is 2. The number of nitrogens with zero attached hydrogens (tertiary/aromatic N) is 4. The topological polar surface area (TPSA) is 80.1 Å². The lowest BCUT2D eigenvalue weighted by atomic mass is 10.1. The van der Waals surface area contributed by atoms with Crippen LogP contribution in [0, 0.1) is 6.92 Å². The fourth-order valence-electron chi connectivity index (χ4n) is 3.17. The molecule has 0 aliphatic carbocycles. The molecule has 1 aromatic heterocycles. The number of aryl methyl sites for hydroxylation is 1. The molecule has 154 valence electrons. The van der Waals surface area contributed by atoms with Gasteiger partial charge in [0.15, 0.2) is 11.0 Å². The van der Waals surface area contributed by atoms with Gasteiger partial charge in [0.1, 0.15) is 0 Å². The minimum atomic E-state index is -0.505. The smallest absolute Gasteiger partial charge is 0.324 e. The van der Waals surface area contributed by atoms with Crippen LogP contribution >= 0.6 is 23.4 Å². The van der Waals surface area contributed by atoms with E-state index in [0.717, 1.165) is 16.8 Å². The normalized spacial score (nSPS) is 14.6. The Balaban J connectivity index is 1.70. The van der Waals surface area contributed by atoms with Crippen LogP contribution in [-0.2, 0) is 4.79 Å². The van der Waals surface area contributed by atoms with Crippen molar-refractivity contribution in [1.82, 2.24) is 25.0 Å². The minimum Gasteiger partial charge on any atom is -0.336 e. The van der Waals surface area contributed by atoms with Gasteiger partial charge in [-0.1, -0.05) is 53.2 Å². The van der Waals surface area contributed by atoms with Crippen LogP contribution in [0.15, 0.2) is 53.7 Å². The summed E-state index contributed by atoms with van der Waals surface area (Å²) in [5.41, 5.74) is 2.89. The Morgan fingerprint density at radius 1 is 1.13 bits per heavy atom. The maximum absolute atomic E-state index is 12.7. The third-order valence-electron chi connectivity index (χ3n) is 4.78. The summed E-state index contributed by atoms with van der Waals surface area (Å²) in [5.74, 6) is 0.413. The van der Waals surface area contributed by atoms with E-state index < -0.39 is 5.25 Å². The van der Waals surface area contributed by atoms with E-state index in [1.54, 1.807) is 19.1 Å². The number of benzene rings is 2. The lowest BCUT2D eigenvalue weighted by molar-refractivity contribution is -0.126. The summed E-state index contributed by atoms with van der Waals surface area (Å²) in [6.07, 6.45) is 0. The van der Waals surface area contributed by atoms with Gasteiger partial charge in [-0.2, -0.15) is 0 Å². The second-order valence-electron chi connectivity index (χ2n) is 6.97. The maximum Gasteiger partial charge on any atom is 0.324 e. The quantitative estimate of drug-likeness (QED) is 0.607. The van der Waals surface area contributed by atoms with E-state index in [1.807, 2.05) is 47.9 Å². The van der Waals surface area contributed by atoms with Crippen molar-refractivity contribution in [2.75, 3.05) is 13.1 Å². The number of nitrogens with one attached hydrogen (secondary N) is 1. The Labute approximate surface area is 183 Å². The van der Waals surface area contributed by atoms with Gasteiger partial charge in [0.25, 0.3) is 0 Å². The molecule has 1 fully saturated rings. The van der Waals surface area contributed by atoms with E-state index in [1.165, 1.54) is 16.7 Å². The molecule has 0 spiro atoms. The molecule has 1 N–H and O–H groups in total. The largest absolute Gasteiger partial charge is 0.336 e. The molecule has 2 heterocycles. The van der Waals surface area contributed by atoms with Gasteiger partial charge in [-0.3, -0.25) is 14.3 Å². The van der Waals surface area contributed by atoms with E-state index in [-0.39, 0.29) is 11.9 Å². The fraction of sp³-hybridized carbons (Fsp3) is 0.238. The summed E-state index contributed by atoms with van der Waals surface area (Å²) in [6.45, 7) is 4.64. The monoisotopic (exact) mass is 441 g/mol. The summed E-state index contributed by atoms with van der Waals surface area (Å²) in [5, 5.41) is 12.1. The van der Waals surface area contributed by atoms with Crippen molar-refractivity contribution in [3.63, 3.8) is 0 Å². The third kappa shape index (κ3) is 4.06. The lowest BCUT2D eigenvalue weighted by Gasteiger charge is -2.17. The molecule has 0 radical (unpaired) electrons. The highest BCUT2D eigenvalue weighted by Gasteiger charge is 2.31. The van der Waals surface area contributed by atoms with Crippen LogP contribution in [0.4, 0.5) is 4.79 Å². The van der Waals surface area contributed by atoms with Crippen LogP contribution in [0.2, 0.25) is 5.02 Å². The van der Waals surface area contributed by atoms with Gasteiger partial charge in [0, 0.05) is 29.4 Å². The molecule has 4 rings (SSSR count). The Kier molecular flexibility index (Phi) is 5.78. The van der Waals surface area contributed by atoms with Gasteiger partial charge >= 0.3 is 6.03 Å². The van der Waals surface area contributed by atoms with Crippen molar-refractivity contribution in [2.45, 2.75) is 24.3 Å². The number of thioether (sulfide) groups is 1. The van der Waals surface area contributed by atoms with E-state index >= 15 is 0 Å². The zero-order valence-electron chi connectivity index (χ0n) is 16.5. The first-order valence-corrected chi connectivity index (χ1v) is 10.7. The fourth-order valence-corrected chi connectivity index (χ4v) is 4.22. The van der Waals surface area contributed by atoms with Crippen LogP contribution in [0.5, 0.6) is 0 Å². The molecule has 30 heavy (non-hydrogen) atoms. The van der Waals surface area contributed by atoms with E-state index in [2.05, 4.69) is 15.5 Å². The van der Waals surface area contributed by atoms with Gasteiger partial charge in [-0.05, 0) is 38.1 Å². The van der Waals surface area contributed by atoms with Gasteiger partial charge in [0.2, 0.25) is 5.91 Å². The van der Waals surface area contributed by atoms with Crippen molar-refractivity contribution in [3.8, 4) is 17.1 Å². The first-order valence-electron chi connectivity index (χ1n) is 9.48. The SMILES string of the molecule is Cc1ccc(-c2nnc(SC(C)C(=O)N3CCNC3=O)n2-c2ccc(Cl)cc2)cc1. The third-order valence-corrected chi connectivity index (χ3v) is 6.06. The number of urea groups is 1. The summed E-state index contributed by atoms with van der Waals surface area (Å²) < 4.78 is 1.90. The van der Waals surface area contributed by atoms with Crippen molar-refractivity contribution in [2.24, 2.45) is 0 Å². The Hall–Kier alpha value is -2.84. The Morgan fingerprint density at radius 2 is 1.83 bits per heavy atom. The summed E-state index contributed by atoms with van der Waals surface area (Å²) >= 11 is 7.34. The second-order valence-corrected chi connectivity index (χ2v) is 8.71. The van der Waals surface area contributed by atoms with Crippen LogP contribution in [0.25, 0.3) is 17.1 Å². The van der Waals surface area contributed by atoms with Crippen LogP contribution < -0.4 is 5.32 Å². The summed E-state index contributed by atoms with van der Waals surface area (Å²) in [4.78, 5) is 25.8. The number of hydrogen-bond donors (Lipinski definition) is 1. The van der Waals surface area contributed by atoms with Gasteiger partial charge in [-0.15, -0.1) is 10.2 Å². The van der Waals surface area contributed by atoms with Crippen LogP contribution in [0.1, 0.15) is 12.5 Å². The first-order chi connectivity index (χ1) is 14.4. The van der Waals surface area contributed by atoms with E-state index in [4.69, 9.17) is 11.6 Å². The van der Waals surface area contributed by atoms with Crippen molar-refractivity contribution < 1.29 is 9.59 Å². The molecule has 1 aliphatic rings. The zero-order valence-corrected chi connectivity index (χ0v) is 18.1. The first kappa shape index (κ1) is 20.4. The number of imide groups is 1. The Bertz CT molecular complexity index is 1080. The lowest BCUT2D eigenvalue weighted by Crippen LogP contribution is -2.39. The average molecular weight is 442 g/mol. The number of hydrogen-bond acceptors (Lipinski definition) is 5. The molecular weight excluding hydrogens is 422 g/mol. The predicted molar refractivity (Wildman–Crippen MR) is 117 cm³/mol. The average Bonchev–Trinajstić information content (AvgIpc) is 3.35. The Morgan fingerprint density at radius 3 is 2.47 bits per heavy atom. The molecule has 1 atom stereocenters. The van der Waals surface area contributed by atoms with E-state index in [0.29, 0.717) is 29.1 Å². The molecular formula is C21H20ClN5O2S. The molecule has 0 saturated carbocycles. The van der Waals surface area contributed by atoms with Crippen molar-refractivity contribution >= 4 is 35.3 Å². The highest BCUT2D eigenvalue weighted by molar-refractivity contribution is 8.00. The molecule has 3 amide bonds. The summed E-state index contributed by atoms with van der Waals surface area (Å²) in [6, 6.07) is 15.0. The number of aromatic nitrogens is 3. The number of amides is 3. The molecule has 7 nitrogen and oxygen atoms in total. The molecule has 3 aromatic rings. The standard InChI is InChI=1S/C21H20ClN5O2S/c1-13-3-5-15(6-4-13)18-24-25-21(27(18)17-9-7-16(22)8-10-17)30-14(2)19(28)26-12-11-23-20(26)29/h3-10,14H,11-12H2,1-2H3,(H,23,29). The number of rotatable bonds is 5. The highest BCUT2D eigenvalue weighted by atomic mass is 35.5. The number of carbonyl (C=O) groups is 2. The predicted octanol–water partition coefficient (Wildman–Crippen LogP) is 3.93. The molecule has 0 bridgehead atoms. The minimum absolute atomic E-state index is 0.252. The molecule has 1 unspecified atom stereocenters. The molecule has 2 aromatic carbocycles. The van der Waals surface area contributed by atoms with Gasteiger partial charge < -0.3 is 5.32 Å². The van der Waals surface area contributed by atoms with E-state index in [9.17, 15) is 9.59 Å². The second kappa shape index (κ2) is 8.49. The van der Waals surface area contributed by atoms with Crippen molar-refractivity contribution in [1.29, 1.82) is 0 Å². The van der Waals surface area contributed by atoms with Gasteiger partial charge in [-0.25, -0.2) is 4.79 Å². The molecule has 1 aliphatic heterocycles. The van der Waals surface area contributed by atoms with Crippen LogP contribution in [0.3, 0.4) is 0 Å². The maximum atomic E-state index is 12.7. The van der Waals surface area contributed by atoms with Gasteiger partial charge in [0.05, 0.1) is 5.25 Å². The summed E-state index contributed by atoms with van der Waals surface area (Å²) in [7, 11) is 0. The molecule has 9 heteroatoms. The van der Waals surface area contributed by atoms with Crippen molar-refractivity contribution in [3.05, 3.63) is 59.1 Å².